The van der Waals surface area contributed by atoms with Crippen LogP contribution in [-0.2, 0) is 9.53 Å². The van der Waals surface area contributed by atoms with E-state index in [4.69, 9.17) is 16.3 Å². The van der Waals surface area contributed by atoms with Gasteiger partial charge in [0.1, 0.15) is 6.10 Å². The smallest absolute Gasteiger partial charge is 0.253 e. The second-order valence-corrected chi connectivity index (χ2v) is 4.64. The van der Waals surface area contributed by atoms with E-state index in [0.717, 1.165) is 12.8 Å². The highest BCUT2D eigenvalue weighted by Crippen LogP contribution is 2.25. The zero-order chi connectivity index (χ0) is 12.4. The molecule has 0 unspecified atom stereocenters. The van der Waals surface area contributed by atoms with Gasteiger partial charge in [0.05, 0.1) is 22.5 Å². The molecule has 2 rings (SSSR count). The fourth-order valence-electron chi connectivity index (χ4n) is 1.85. The average Bonchev–Trinajstić information content (AvgIpc) is 2.72. The van der Waals surface area contributed by atoms with Gasteiger partial charge in [-0.2, -0.15) is 0 Å². The summed E-state index contributed by atoms with van der Waals surface area (Å²) in [5, 5.41) is 3.26. The van der Waals surface area contributed by atoms with Crippen LogP contribution in [-0.4, -0.2) is 23.1 Å². The molecule has 2 atom stereocenters. The number of nitrogens with one attached hydrogen (secondary N) is 1. The monoisotopic (exact) mass is 254 g/mol. The van der Waals surface area contributed by atoms with E-state index in [1.54, 1.807) is 19.2 Å². The van der Waals surface area contributed by atoms with Crippen molar-refractivity contribution < 1.29 is 9.53 Å². The van der Waals surface area contributed by atoms with E-state index in [1.165, 1.54) is 0 Å². The molecule has 0 aromatic carbocycles. The Kier molecular flexibility index (Phi) is 3.64. The van der Waals surface area contributed by atoms with Gasteiger partial charge in [-0.05, 0) is 32.8 Å². The van der Waals surface area contributed by atoms with E-state index in [1.807, 2.05) is 6.92 Å². The average molecular weight is 255 g/mol. The molecule has 1 aromatic rings. The van der Waals surface area contributed by atoms with Crippen molar-refractivity contribution >= 4 is 23.2 Å². The Morgan fingerprint density at radius 3 is 3.00 bits per heavy atom. The van der Waals surface area contributed by atoms with E-state index < -0.39 is 0 Å². The molecule has 1 aliphatic heterocycles. The maximum Gasteiger partial charge on any atom is 0.253 e. The van der Waals surface area contributed by atoms with Crippen LogP contribution in [0.25, 0.3) is 0 Å². The number of aryl methyl sites for hydroxylation is 1. The summed E-state index contributed by atoms with van der Waals surface area (Å²) in [7, 11) is 0. The highest BCUT2D eigenvalue weighted by molar-refractivity contribution is 6.34. The minimum atomic E-state index is -0.366. The first-order valence-electron chi connectivity index (χ1n) is 5.65. The predicted octanol–water partition coefficient (Wildman–Crippen LogP) is 2.55. The highest BCUT2D eigenvalue weighted by atomic mass is 35.5. The van der Waals surface area contributed by atoms with Gasteiger partial charge >= 0.3 is 0 Å². The summed E-state index contributed by atoms with van der Waals surface area (Å²) in [6.45, 7) is 3.77. The second-order valence-electron chi connectivity index (χ2n) is 4.26. The van der Waals surface area contributed by atoms with Gasteiger partial charge in [-0.3, -0.25) is 9.78 Å². The number of anilines is 1. The van der Waals surface area contributed by atoms with Crippen LogP contribution in [0.5, 0.6) is 0 Å². The Bertz CT molecular complexity index is 437. The van der Waals surface area contributed by atoms with Crippen LogP contribution < -0.4 is 5.32 Å². The molecule has 1 amide bonds. The zero-order valence-corrected chi connectivity index (χ0v) is 10.6. The van der Waals surface area contributed by atoms with Gasteiger partial charge in [0, 0.05) is 6.20 Å². The molecule has 0 aliphatic carbocycles. The molecule has 1 fully saturated rings. The molecule has 0 saturated carbocycles. The summed E-state index contributed by atoms with van der Waals surface area (Å²) >= 11 is 6.05. The van der Waals surface area contributed by atoms with Gasteiger partial charge in [-0.1, -0.05) is 11.6 Å². The number of rotatable bonds is 2. The maximum absolute atomic E-state index is 11.9. The second kappa shape index (κ2) is 5.02. The zero-order valence-electron chi connectivity index (χ0n) is 9.87. The van der Waals surface area contributed by atoms with Gasteiger partial charge in [-0.15, -0.1) is 0 Å². The van der Waals surface area contributed by atoms with E-state index in [9.17, 15) is 4.79 Å². The number of halogens is 1. The molecule has 17 heavy (non-hydrogen) atoms. The molecule has 5 heteroatoms. The summed E-state index contributed by atoms with van der Waals surface area (Å²) in [4.78, 5) is 16.0. The Labute approximate surface area is 105 Å². The fraction of sp³-hybridized carbons (Fsp3) is 0.500. The molecular formula is C12H15ClN2O2. The number of aromatic nitrogens is 1. The van der Waals surface area contributed by atoms with Gasteiger partial charge in [-0.25, -0.2) is 0 Å². The third kappa shape index (κ3) is 2.76. The van der Waals surface area contributed by atoms with E-state index in [0.29, 0.717) is 16.4 Å². The number of amides is 1. The predicted molar refractivity (Wildman–Crippen MR) is 66.2 cm³/mol. The Balaban J connectivity index is 2.06. The standard InChI is InChI=1S/C12H15ClN2O2/c1-7-3-4-10(17-7)12(16)15-9-5-6-14-8(2)11(9)13/h5-7,10H,3-4H2,1-2H3,(H,14,15,16)/t7-,10+/m0/s1. The van der Waals surface area contributed by atoms with Crippen molar-refractivity contribution in [2.75, 3.05) is 5.32 Å². The lowest BCUT2D eigenvalue weighted by Gasteiger charge is -2.13. The summed E-state index contributed by atoms with van der Waals surface area (Å²) in [6.07, 6.45) is 3.08. The molecule has 0 spiro atoms. The van der Waals surface area contributed by atoms with Gasteiger partial charge in [0.2, 0.25) is 0 Å². The lowest BCUT2D eigenvalue weighted by molar-refractivity contribution is -0.126. The number of nitrogens with zero attached hydrogens (tertiary/aromatic N) is 1. The Morgan fingerprint density at radius 1 is 1.59 bits per heavy atom. The molecule has 1 aromatic heterocycles. The van der Waals surface area contributed by atoms with Crippen molar-refractivity contribution in [2.24, 2.45) is 0 Å². The van der Waals surface area contributed by atoms with Crippen molar-refractivity contribution in [3.8, 4) is 0 Å². The summed E-state index contributed by atoms with van der Waals surface area (Å²) < 4.78 is 5.49. The summed E-state index contributed by atoms with van der Waals surface area (Å²) in [6, 6.07) is 1.69. The van der Waals surface area contributed by atoms with Crippen LogP contribution >= 0.6 is 11.6 Å². The van der Waals surface area contributed by atoms with Gasteiger partial charge < -0.3 is 10.1 Å². The molecule has 1 saturated heterocycles. The number of ether oxygens (including phenoxy) is 1. The minimum absolute atomic E-state index is 0.137. The Hall–Kier alpha value is -1.13. The normalized spacial score (nSPS) is 23.7. The van der Waals surface area contributed by atoms with Crippen LogP contribution in [0, 0.1) is 6.92 Å². The summed E-state index contributed by atoms with van der Waals surface area (Å²) in [5.74, 6) is -0.137. The van der Waals surface area contributed by atoms with Gasteiger partial charge in [0.25, 0.3) is 5.91 Å². The number of pyridine rings is 1. The van der Waals surface area contributed by atoms with Crippen molar-refractivity contribution in [2.45, 2.75) is 38.9 Å². The molecule has 2 heterocycles. The topological polar surface area (TPSA) is 51.2 Å². The van der Waals surface area contributed by atoms with Crippen LogP contribution in [0.1, 0.15) is 25.5 Å². The fourth-order valence-corrected chi connectivity index (χ4v) is 2.01. The summed E-state index contributed by atoms with van der Waals surface area (Å²) in [5.41, 5.74) is 1.29. The third-order valence-corrected chi connectivity index (χ3v) is 3.32. The first-order valence-corrected chi connectivity index (χ1v) is 6.03. The largest absolute Gasteiger partial charge is 0.365 e. The van der Waals surface area contributed by atoms with Gasteiger partial charge in [0.15, 0.2) is 0 Å². The number of carbonyl (C=O) groups is 1. The lowest BCUT2D eigenvalue weighted by atomic mass is 10.2. The Morgan fingerprint density at radius 2 is 2.35 bits per heavy atom. The van der Waals surface area contributed by atoms with Crippen molar-refractivity contribution in [1.29, 1.82) is 0 Å². The third-order valence-electron chi connectivity index (χ3n) is 2.85. The molecule has 4 nitrogen and oxygen atoms in total. The van der Waals surface area contributed by atoms with Crippen LogP contribution in [0.2, 0.25) is 5.02 Å². The number of hydrogen-bond donors (Lipinski definition) is 1. The van der Waals surface area contributed by atoms with E-state index in [2.05, 4.69) is 10.3 Å². The molecule has 92 valence electrons. The molecule has 1 aliphatic rings. The van der Waals surface area contributed by atoms with Crippen LogP contribution in [0.3, 0.4) is 0 Å². The molecular weight excluding hydrogens is 240 g/mol. The molecule has 0 radical (unpaired) electrons. The van der Waals surface area contributed by atoms with Crippen LogP contribution in [0.15, 0.2) is 12.3 Å². The molecule has 0 bridgehead atoms. The first-order chi connectivity index (χ1) is 8.08. The molecule has 1 N–H and O–H groups in total. The van der Waals surface area contributed by atoms with Crippen molar-refractivity contribution in [3.63, 3.8) is 0 Å². The quantitative estimate of drug-likeness (QED) is 0.882. The van der Waals surface area contributed by atoms with Crippen LogP contribution in [0.4, 0.5) is 5.69 Å². The number of hydrogen-bond acceptors (Lipinski definition) is 3. The SMILES string of the molecule is Cc1nccc(NC(=O)[C@H]2CC[C@H](C)O2)c1Cl. The lowest BCUT2D eigenvalue weighted by Crippen LogP contribution is -2.27. The van der Waals surface area contributed by atoms with E-state index >= 15 is 0 Å². The minimum Gasteiger partial charge on any atom is -0.365 e. The van der Waals surface area contributed by atoms with Crippen molar-refractivity contribution in [1.82, 2.24) is 4.98 Å². The first kappa shape index (κ1) is 12.3. The number of carbonyl (C=O) groups excluding carboxylic acids is 1. The maximum atomic E-state index is 11.9. The highest BCUT2D eigenvalue weighted by Gasteiger charge is 2.28. The van der Waals surface area contributed by atoms with Crippen molar-refractivity contribution in [3.05, 3.63) is 23.0 Å². The van der Waals surface area contributed by atoms with E-state index in [-0.39, 0.29) is 18.1 Å².